The summed E-state index contributed by atoms with van der Waals surface area (Å²) in [6.07, 6.45) is 7.21. The second kappa shape index (κ2) is 7.66. The molecule has 0 aliphatic carbocycles. The molecule has 0 spiro atoms. The summed E-state index contributed by atoms with van der Waals surface area (Å²) in [5, 5.41) is 8.87. The molecule has 2 amide bonds. The van der Waals surface area contributed by atoms with Gasteiger partial charge in [-0.15, -0.1) is 0 Å². The molecule has 0 aromatic carbocycles. The van der Waals surface area contributed by atoms with Crippen LogP contribution >= 0.6 is 0 Å². The molecule has 2 rings (SSSR count). The number of hydrogen-bond acceptors (Lipinski definition) is 2. The van der Waals surface area contributed by atoms with E-state index in [4.69, 9.17) is 5.11 Å². The number of piperidine rings is 1. The molecule has 0 bridgehead atoms. The Morgan fingerprint density at radius 1 is 1.05 bits per heavy atom. The predicted octanol–water partition coefficient (Wildman–Crippen LogP) is 2.95. The molecular weight excluding hydrogens is 268 g/mol. The van der Waals surface area contributed by atoms with Gasteiger partial charge in [-0.3, -0.25) is 4.79 Å². The lowest BCUT2D eigenvalue weighted by molar-refractivity contribution is -0.137. The van der Waals surface area contributed by atoms with E-state index in [0.29, 0.717) is 12.3 Å². The van der Waals surface area contributed by atoms with E-state index in [1.54, 1.807) is 0 Å². The third kappa shape index (κ3) is 4.61. The summed E-state index contributed by atoms with van der Waals surface area (Å²) in [5.41, 5.74) is 0. The number of aliphatic carboxylic acids is 1. The highest BCUT2D eigenvalue weighted by atomic mass is 16.4. The van der Waals surface area contributed by atoms with Crippen LogP contribution in [0.25, 0.3) is 0 Å². The van der Waals surface area contributed by atoms with Crippen LogP contribution in [0, 0.1) is 5.92 Å². The average molecular weight is 296 g/mol. The van der Waals surface area contributed by atoms with Crippen LogP contribution in [0.15, 0.2) is 0 Å². The summed E-state index contributed by atoms with van der Waals surface area (Å²) in [7, 11) is 0. The van der Waals surface area contributed by atoms with Crippen molar-refractivity contribution in [2.24, 2.45) is 5.92 Å². The molecule has 2 fully saturated rings. The van der Waals surface area contributed by atoms with Crippen LogP contribution in [0.2, 0.25) is 0 Å². The monoisotopic (exact) mass is 296 g/mol. The molecule has 0 radical (unpaired) electrons. The van der Waals surface area contributed by atoms with Gasteiger partial charge in [0.2, 0.25) is 0 Å². The van der Waals surface area contributed by atoms with E-state index in [0.717, 1.165) is 51.7 Å². The molecule has 0 aromatic rings. The highest BCUT2D eigenvalue weighted by molar-refractivity contribution is 5.75. The molecule has 2 saturated heterocycles. The zero-order valence-electron chi connectivity index (χ0n) is 13.1. The van der Waals surface area contributed by atoms with Gasteiger partial charge < -0.3 is 14.9 Å². The number of carbonyl (C=O) groups is 2. The predicted molar refractivity (Wildman–Crippen MR) is 81.2 cm³/mol. The van der Waals surface area contributed by atoms with Crippen molar-refractivity contribution in [2.45, 2.75) is 64.3 Å². The first-order valence-electron chi connectivity index (χ1n) is 8.35. The van der Waals surface area contributed by atoms with Crippen molar-refractivity contribution in [3.8, 4) is 0 Å². The number of nitrogens with zero attached hydrogens (tertiary/aromatic N) is 2. The quantitative estimate of drug-likeness (QED) is 0.871. The smallest absolute Gasteiger partial charge is 0.320 e. The van der Waals surface area contributed by atoms with Gasteiger partial charge in [0.05, 0.1) is 0 Å². The lowest BCUT2D eigenvalue weighted by Crippen LogP contribution is -2.50. The maximum atomic E-state index is 12.8. The first-order valence-corrected chi connectivity index (χ1v) is 8.35. The van der Waals surface area contributed by atoms with Gasteiger partial charge in [-0.25, -0.2) is 4.79 Å². The van der Waals surface area contributed by atoms with Gasteiger partial charge in [-0.1, -0.05) is 6.92 Å². The Morgan fingerprint density at radius 2 is 1.86 bits per heavy atom. The highest BCUT2D eigenvalue weighted by Crippen LogP contribution is 2.24. The van der Waals surface area contributed by atoms with Crippen LogP contribution in [-0.2, 0) is 4.79 Å². The molecule has 0 saturated carbocycles. The number of urea groups is 1. The van der Waals surface area contributed by atoms with Crippen molar-refractivity contribution in [3.63, 3.8) is 0 Å². The summed E-state index contributed by atoms with van der Waals surface area (Å²) in [6, 6.07) is 0.252. The van der Waals surface area contributed by atoms with Gasteiger partial charge in [0.15, 0.2) is 0 Å². The normalized spacial score (nSPS) is 27.3. The van der Waals surface area contributed by atoms with E-state index in [2.05, 4.69) is 6.92 Å². The lowest BCUT2D eigenvalue weighted by Gasteiger charge is -2.39. The summed E-state index contributed by atoms with van der Waals surface area (Å²) < 4.78 is 0. The third-order valence-corrected chi connectivity index (χ3v) is 4.85. The van der Waals surface area contributed by atoms with Gasteiger partial charge in [-0.2, -0.15) is 0 Å². The number of likely N-dealkylation sites (tertiary alicyclic amines) is 2. The Kier molecular flexibility index (Phi) is 5.88. The van der Waals surface area contributed by atoms with Crippen molar-refractivity contribution in [1.82, 2.24) is 9.80 Å². The number of carboxylic acid groups (broad SMARTS) is 1. The molecule has 2 heterocycles. The highest BCUT2D eigenvalue weighted by Gasteiger charge is 2.30. The van der Waals surface area contributed by atoms with Gasteiger partial charge in [0.1, 0.15) is 0 Å². The lowest BCUT2D eigenvalue weighted by atomic mass is 9.98. The van der Waals surface area contributed by atoms with E-state index in [9.17, 15) is 9.59 Å². The van der Waals surface area contributed by atoms with Crippen LogP contribution < -0.4 is 0 Å². The number of amides is 2. The van der Waals surface area contributed by atoms with Gasteiger partial charge in [0, 0.05) is 32.1 Å². The fourth-order valence-corrected chi connectivity index (χ4v) is 3.48. The van der Waals surface area contributed by atoms with Crippen LogP contribution in [0.1, 0.15) is 58.3 Å². The minimum Gasteiger partial charge on any atom is -0.481 e. The Bertz CT molecular complexity index is 373. The second-order valence-corrected chi connectivity index (χ2v) is 6.58. The Hall–Kier alpha value is -1.26. The standard InChI is InChI=1S/C16H28N2O3/c1-13-5-4-10-17(12-9-13)16(21)18-11-3-2-6-14(18)7-8-15(19)20/h13-14H,2-12H2,1H3,(H,19,20). The van der Waals surface area contributed by atoms with Gasteiger partial charge in [0.25, 0.3) is 0 Å². The summed E-state index contributed by atoms with van der Waals surface area (Å²) in [4.78, 5) is 27.5. The van der Waals surface area contributed by atoms with Crippen molar-refractivity contribution in [2.75, 3.05) is 19.6 Å². The van der Waals surface area contributed by atoms with Crippen molar-refractivity contribution >= 4 is 12.0 Å². The molecule has 1 N–H and O–H groups in total. The number of carbonyl (C=O) groups excluding carboxylic acids is 1. The molecule has 0 aromatic heterocycles. The van der Waals surface area contributed by atoms with Crippen LogP contribution in [-0.4, -0.2) is 52.6 Å². The maximum absolute atomic E-state index is 12.8. The topological polar surface area (TPSA) is 60.9 Å². The third-order valence-electron chi connectivity index (χ3n) is 4.85. The van der Waals surface area contributed by atoms with Crippen LogP contribution in [0.5, 0.6) is 0 Å². The molecule has 21 heavy (non-hydrogen) atoms. The molecule has 2 aliphatic heterocycles. The molecule has 5 nitrogen and oxygen atoms in total. The molecule has 2 unspecified atom stereocenters. The van der Waals surface area contributed by atoms with Crippen LogP contribution in [0.3, 0.4) is 0 Å². The molecule has 2 atom stereocenters. The zero-order valence-corrected chi connectivity index (χ0v) is 13.1. The largest absolute Gasteiger partial charge is 0.481 e. The van der Waals surface area contributed by atoms with Crippen molar-refractivity contribution in [3.05, 3.63) is 0 Å². The van der Waals surface area contributed by atoms with Gasteiger partial charge in [-0.05, 0) is 50.9 Å². The maximum Gasteiger partial charge on any atom is 0.320 e. The van der Waals surface area contributed by atoms with E-state index < -0.39 is 5.97 Å². The fourth-order valence-electron chi connectivity index (χ4n) is 3.48. The summed E-state index contributed by atoms with van der Waals surface area (Å²) in [5.74, 6) is -0.0662. The van der Waals surface area contributed by atoms with Crippen molar-refractivity contribution in [1.29, 1.82) is 0 Å². The fraction of sp³-hybridized carbons (Fsp3) is 0.875. The van der Waals surface area contributed by atoms with E-state index >= 15 is 0 Å². The number of hydrogen-bond donors (Lipinski definition) is 1. The minimum atomic E-state index is -0.767. The molecule has 120 valence electrons. The molecular formula is C16H28N2O3. The minimum absolute atomic E-state index is 0.114. The zero-order chi connectivity index (χ0) is 15.2. The van der Waals surface area contributed by atoms with Crippen LogP contribution in [0.4, 0.5) is 4.79 Å². The Morgan fingerprint density at radius 3 is 2.62 bits per heavy atom. The van der Waals surface area contributed by atoms with E-state index in [1.165, 1.54) is 6.42 Å². The number of rotatable bonds is 3. The Balaban J connectivity index is 1.95. The van der Waals surface area contributed by atoms with E-state index in [1.807, 2.05) is 9.80 Å². The Labute approximate surface area is 127 Å². The summed E-state index contributed by atoms with van der Waals surface area (Å²) >= 11 is 0. The summed E-state index contributed by atoms with van der Waals surface area (Å²) in [6.45, 7) is 4.74. The first-order chi connectivity index (χ1) is 10.1. The molecule has 5 heteroatoms. The second-order valence-electron chi connectivity index (χ2n) is 6.58. The first kappa shape index (κ1) is 16.1. The van der Waals surface area contributed by atoms with Gasteiger partial charge >= 0.3 is 12.0 Å². The van der Waals surface area contributed by atoms with Crippen molar-refractivity contribution < 1.29 is 14.7 Å². The number of carboxylic acids is 1. The SMILES string of the molecule is CC1CCCN(C(=O)N2CCCCC2CCC(=O)O)CC1. The van der Waals surface area contributed by atoms with E-state index in [-0.39, 0.29) is 18.5 Å². The average Bonchev–Trinajstić information content (AvgIpc) is 2.69. The molecule has 2 aliphatic rings.